The number of oxazole rings is 1. The van der Waals surface area contributed by atoms with Crippen molar-refractivity contribution in [2.45, 2.75) is 58.7 Å². The standard InChI is InChI=1S/C12H20BNO3/c1-8(2)9-10(15-7-14-9)13-16-11(3,4)12(5,6)17-13/h7-8H,1-6H3. The summed E-state index contributed by atoms with van der Waals surface area (Å²) in [4.78, 5) is 4.23. The molecule has 2 heterocycles. The zero-order chi connectivity index (χ0) is 12.8. The third kappa shape index (κ3) is 2.02. The molecule has 0 amide bonds. The van der Waals surface area contributed by atoms with Crippen LogP contribution < -0.4 is 5.66 Å². The molecule has 1 aromatic rings. The van der Waals surface area contributed by atoms with E-state index in [-0.39, 0.29) is 11.2 Å². The number of hydrogen-bond acceptors (Lipinski definition) is 4. The molecule has 0 N–H and O–H groups in total. The number of nitrogens with zero attached hydrogens (tertiary/aromatic N) is 1. The highest BCUT2D eigenvalue weighted by atomic mass is 16.7. The Labute approximate surface area is 103 Å². The van der Waals surface area contributed by atoms with Gasteiger partial charge in [0.15, 0.2) is 12.1 Å². The molecule has 2 rings (SSSR count). The summed E-state index contributed by atoms with van der Waals surface area (Å²) in [5.74, 6) is 0.294. The van der Waals surface area contributed by atoms with Gasteiger partial charge in [0.05, 0.1) is 16.9 Å². The van der Waals surface area contributed by atoms with Crippen LogP contribution >= 0.6 is 0 Å². The van der Waals surface area contributed by atoms with E-state index in [4.69, 9.17) is 13.7 Å². The van der Waals surface area contributed by atoms with Gasteiger partial charge < -0.3 is 13.7 Å². The van der Waals surface area contributed by atoms with Gasteiger partial charge in [-0.1, -0.05) is 13.8 Å². The van der Waals surface area contributed by atoms with E-state index < -0.39 is 7.12 Å². The molecule has 4 nitrogen and oxygen atoms in total. The van der Waals surface area contributed by atoms with Crippen LogP contribution in [0.1, 0.15) is 53.2 Å². The fourth-order valence-corrected chi connectivity index (χ4v) is 1.82. The average molecular weight is 237 g/mol. The number of hydrogen-bond donors (Lipinski definition) is 0. The van der Waals surface area contributed by atoms with Crippen LogP contribution in [0.15, 0.2) is 10.8 Å². The molecule has 1 aliphatic rings. The minimum absolute atomic E-state index is 0.294. The average Bonchev–Trinajstić information content (AvgIpc) is 2.69. The Balaban J connectivity index is 2.29. The second kappa shape index (κ2) is 3.85. The smallest absolute Gasteiger partial charge is 0.452 e. The van der Waals surface area contributed by atoms with Crippen LogP contribution in [0.3, 0.4) is 0 Å². The maximum atomic E-state index is 5.94. The van der Waals surface area contributed by atoms with Crippen LogP contribution in [0.5, 0.6) is 0 Å². The summed E-state index contributed by atoms with van der Waals surface area (Å²) in [5, 5.41) is 0. The van der Waals surface area contributed by atoms with Crippen LogP contribution in [0.25, 0.3) is 0 Å². The molecule has 0 saturated carbocycles. The molecule has 1 saturated heterocycles. The van der Waals surface area contributed by atoms with Gasteiger partial charge in [-0.25, -0.2) is 4.98 Å². The van der Waals surface area contributed by atoms with Crippen LogP contribution in [0, 0.1) is 0 Å². The lowest BCUT2D eigenvalue weighted by atomic mass is 9.82. The van der Waals surface area contributed by atoms with Crippen molar-refractivity contribution >= 4 is 12.8 Å². The Morgan fingerprint density at radius 3 is 2.12 bits per heavy atom. The quantitative estimate of drug-likeness (QED) is 0.739. The van der Waals surface area contributed by atoms with E-state index in [0.29, 0.717) is 11.6 Å². The lowest BCUT2D eigenvalue weighted by Crippen LogP contribution is -2.41. The van der Waals surface area contributed by atoms with Gasteiger partial charge in [0.2, 0.25) is 0 Å². The first-order chi connectivity index (χ1) is 7.74. The Bertz CT molecular complexity index is 396. The third-order valence-electron chi connectivity index (χ3n) is 3.64. The Morgan fingerprint density at radius 1 is 1.12 bits per heavy atom. The maximum Gasteiger partial charge on any atom is 0.534 e. The van der Waals surface area contributed by atoms with Crippen molar-refractivity contribution in [1.82, 2.24) is 4.98 Å². The van der Waals surface area contributed by atoms with Crippen molar-refractivity contribution < 1.29 is 13.7 Å². The fraction of sp³-hybridized carbons (Fsp3) is 0.750. The predicted molar refractivity (Wildman–Crippen MR) is 66.3 cm³/mol. The van der Waals surface area contributed by atoms with E-state index in [1.807, 2.05) is 27.7 Å². The molecule has 1 fully saturated rings. The van der Waals surface area contributed by atoms with E-state index in [1.165, 1.54) is 6.39 Å². The highest BCUT2D eigenvalue weighted by molar-refractivity contribution is 6.61. The van der Waals surface area contributed by atoms with Gasteiger partial charge in [0.1, 0.15) is 0 Å². The monoisotopic (exact) mass is 237 g/mol. The fourth-order valence-electron chi connectivity index (χ4n) is 1.82. The lowest BCUT2D eigenvalue weighted by molar-refractivity contribution is 0.00578. The first kappa shape index (κ1) is 12.6. The van der Waals surface area contributed by atoms with Crippen molar-refractivity contribution in [2.75, 3.05) is 0 Å². The molecule has 1 aliphatic heterocycles. The van der Waals surface area contributed by atoms with Gasteiger partial charge >= 0.3 is 7.12 Å². The van der Waals surface area contributed by atoms with Crippen molar-refractivity contribution in [3.63, 3.8) is 0 Å². The van der Waals surface area contributed by atoms with Crippen LogP contribution in [0.4, 0.5) is 0 Å². The van der Waals surface area contributed by atoms with E-state index in [0.717, 1.165) is 5.69 Å². The molecule has 17 heavy (non-hydrogen) atoms. The molecular formula is C12H20BNO3. The van der Waals surface area contributed by atoms with E-state index in [9.17, 15) is 0 Å². The van der Waals surface area contributed by atoms with E-state index >= 15 is 0 Å². The molecule has 0 aromatic carbocycles. The molecule has 94 valence electrons. The summed E-state index contributed by atoms with van der Waals surface area (Å²) >= 11 is 0. The normalized spacial score (nSPS) is 22.4. The highest BCUT2D eigenvalue weighted by Crippen LogP contribution is 2.36. The van der Waals surface area contributed by atoms with Gasteiger partial charge in [0, 0.05) is 0 Å². The minimum Gasteiger partial charge on any atom is -0.452 e. The third-order valence-corrected chi connectivity index (χ3v) is 3.64. The first-order valence-electron chi connectivity index (χ1n) is 6.03. The highest BCUT2D eigenvalue weighted by Gasteiger charge is 2.53. The SMILES string of the molecule is CC(C)c1ncoc1B1OC(C)(C)C(C)(C)O1. The second-order valence-electron chi connectivity index (χ2n) is 5.84. The molecule has 1 aromatic heterocycles. The largest absolute Gasteiger partial charge is 0.534 e. The van der Waals surface area contributed by atoms with Gasteiger partial charge in [-0.2, -0.15) is 0 Å². The molecule has 0 radical (unpaired) electrons. The van der Waals surface area contributed by atoms with E-state index in [1.54, 1.807) is 0 Å². The summed E-state index contributed by atoms with van der Waals surface area (Å²) in [6.07, 6.45) is 1.45. The van der Waals surface area contributed by atoms with Gasteiger partial charge in [-0.05, 0) is 33.6 Å². The number of aromatic nitrogens is 1. The van der Waals surface area contributed by atoms with Crippen molar-refractivity contribution in [3.05, 3.63) is 12.1 Å². The zero-order valence-corrected chi connectivity index (χ0v) is 11.4. The molecule has 0 unspecified atom stereocenters. The minimum atomic E-state index is -0.458. The summed E-state index contributed by atoms with van der Waals surface area (Å²) < 4.78 is 17.3. The molecule has 0 atom stereocenters. The van der Waals surface area contributed by atoms with Crippen molar-refractivity contribution in [3.8, 4) is 0 Å². The lowest BCUT2D eigenvalue weighted by Gasteiger charge is -2.32. The molecule has 5 heteroatoms. The Morgan fingerprint density at radius 2 is 1.65 bits per heavy atom. The Hall–Kier alpha value is -0.805. The van der Waals surface area contributed by atoms with Gasteiger partial charge in [-0.15, -0.1) is 0 Å². The van der Waals surface area contributed by atoms with E-state index in [2.05, 4.69) is 18.8 Å². The molecular weight excluding hydrogens is 217 g/mol. The molecule has 0 bridgehead atoms. The van der Waals surface area contributed by atoms with Crippen molar-refractivity contribution in [2.24, 2.45) is 0 Å². The molecule has 0 spiro atoms. The maximum absolute atomic E-state index is 5.94. The molecule has 0 aliphatic carbocycles. The van der Waals surface area contributed by atoms with Crippen LogP contribution in [-0.4, -0.2) is 23.3 Å². The van der Waals surface area contributed by atoms with Crippen molar-refractivity contribution in [1.29, 1.82) is 0 Å². The van der Waals surface area contributed by atoms with Gasteiger partial charge in [0.25, 0.3) is 0 Å². The predicted octanol–water partition coefficient (Wildman–Crippen LogP) is 2.10. The summed E-state index contributed by atoms with van der Waals surface area (Å²) in [6.45, 7) is 12.3. The summed E-state index contributed by atoms with van der Waals surface area (Å²) in [7, 11) is -0.458. The van der Waals surface area contributed by atoms with Crippen LogP contribution in [-0.2, 0) is 9.31 Å². The van der Waals surface area contributed by atoms with Crippen LogP contribution in [0.2, 0.25) is 0 Å². The number of rotatable bonds is 2. The summed E-state index contributed by atoms with van der Waals surface area (Å²) in [6, 6.07) is 0. The van der Waals surface area contributed by atoms with Gasteiger partial charge in [-0.3, -0.25) is 0 Å². The Kier molecular flexibility index (Phi) is 2.87. The summed E-state index contributed by atoms with van der Waals surface area (Å²) in [5.41, 5.74) is 0.902. The zero-order valence-electron chi connectivity index (χ0n) is 11.4. The first-order valence-corrected chi connectivity index (χ1v) is 6.03. The topological polar surface area (TPSA) is 44.5 Å². The second-order valence-corrected chi connectivity index (χ2v) is 5.84.